The molecule has 6 heteroatoms. The molecule has 0 bridgehead atoms. The highest BCUT2D eigenvalue weighted by atomic mass is 16.5. The van der Waals surface area contributed by atoms with E-state index in [2.05, 4.69) is 0 Å². The minimum absolute atomic E-state index is 0.0725. The Morgan fingerprint density at radius 2 is 1.70 bits per heavy atom. The highest BCUT2D eigenvalue weighted by molar-refractivity contribution is 5.92. The van der Waals surface area contributed by atoms with Crippen molar-refractivity contribution in [3.63, 3.8) is 0 Å². The van der Waals surface area contributed by atoms with Crippen molar-refractivity contribution in [1.29, 1.82) is 0 Å². The number of rotatable bonds is 8. The van der Waals surface area contributed by atoms with E-state index in [0.717, 1.165) is 0 Å². The zero-order chi connectivity index (χ0) is 15.0. The molecule has 0 saturated heterocycles. The first-order valence-electron chi connectivity index (χ1n) is 6.34. The molecule has 0 aliphatic rings. The van der Waals surface area contributed by atoms with E-state index in [1.165, 1.54) is 24.3 Å². The van der Waals surface area contributed by atoms with Crippen LogP contribution in [0.4, 0.5) is 0 Å². The zero-order valence-electron chi connectivity index (χ0n) is 11.0. The quantitative estimate of drug-likeness (QED) is 0.486. The van der Waals surface area contributed by atoms with Gasteiger partial charge in [-0.25, -0.2) is 9.59 Å². The summed E-state index contributed by atoms with van der Waals surface area (Å²) >= 11 is 0. The van der Waals surface area contributed by atoms with E-state index in [-0.39, 0.29) is 24.3 Å². The summed E-state index contributed by atoms with van der Waals surface area (Å²) in [5, 5.41) is 26.7. The number of aliphatic hydroxyl groups excluding tert-OH is 2. The number of ether oxygens (including phenoxy) is 1. The van der Waals surface area contributed by atoms with Gasteiger partial charge in [-0.2, -0.15) is 0 Å². The molecule has 0 radical (unpaired) electrons. The molecule has 0 amide bonds. The third-order valence-electron chi connectivity index (χ3n) is 2.74. The molecule has 0 aliphatic carbocycles. The van der Waals surface area contributed by atoms with Gasteiger partial charge in [0.2, 0.25) is 0 Å². The van der Waals surface area contributed by atoms with Crippen molar-refractivity contribution in [3.8, 4) is 0 Å². The van der Waals surface area contributed by atoms with Crippen molar-refractivity contribution in [2.75, 3.05) is 13.2 Å². The predicted octanol–water partition coefficient (Wildman–Crippen LogP) is 1.07. The summed E-state index contributed by atoms with van der Waals surface area (Å²) in [7, 11) is 0. The lowest BCUT2D eigenvalue weighted by Gasteiger charge is -2.09. The molecule has 110 valence electrons. The first-order chi connectivity index (χ1) is 9.54. The molecule has 1 aromatic rings. The van der Waals surface area contributed by atoms with Gasteiger partial charge in [-0.1, -0.05) is 0 Å². The molecule has 1 aromatic carbocycles. The van der Waals surface area contributed by atoms with Crippen LogP contribution in [0, 0.1) is 0 Å². The molecule has 0 saturated carbocycles. The van der Waals surface area contributed by atoms with Gasteiger partial charge in [0.15, 0.2) is 0 Å². The number of hydrogen-bond acceptors (Lipinski definition) is 5. The molecule has 0 aromatic heterocycles. The fourth-order valence-electron chi connectivity index (χ4n) is 1.61. The summed E-state index contributed by atoms with van der Waals surface area (Å²) < 4.78 is 5.00. The zero-order valence-corrected chi connectivity index (χ0v) is 11.0. The standard InChI is InChI=1S/C14H18O6/c15-8-7-12(16)2-1-9-20-14(19)11-5-3-10(4-6-11)13(17)18/h3-6,12,15-16H,1-2,7-9H2,(H,17,18). The van der Waals surface area contributed by atoms with E-state index < -0.39 is 18.0 Å². The minimum atomic E-state index is -1.05. The van der Waals surface area contributed by atoms with Gasteiger partial charge in [0.1, 0.15) is 0 Å². The molecular formula is C14H18O6. The summed E-state index contributed by atoms with van der Waals surface area (Å²) in [6.45, 7) is 0.0961. The number of aliphatic hydroxyl groups is 2. The summed E-state index contributed by atoms with van der Waals surface area (Å²) in [6.07, 6.45) is 0.671. The van der Waals surface area contributed by atoms with Crippen LogP contribution in [0.5, 0.6) is 0 Å². The van der Waals surface area contributed by atoms with Gasteiger partial charge in [0, 0.05) is 6.61 Å². The van der Waals surface area contributed by atoms with Crippen LogP contribution in [0.15, 0.2) is 24.3 Å². The summed E-state index contributed by atoms with van der Waals surface area (Å²) in [4.78, 5) is 22.3. The van der Waals surface area contributed by atoms with Crippen molar-refractivity contribution < 1.29 is 29.6 Å². The Kier molecular flexibility index (Phi) is 6.69. The topological polar surface area (TPSA) is 104 Å². The fraction of sp³-hybridized carbons (Fsp3) is 0.429. The van der Waals surface area contributed by atoms with Crippen molar-refractivity contribution in [2.45, 2.75) is 25.4 Å². The number of carboxylic acid groups (broad SMARTS) is 1. The fourth-order valence-corrected chi connectivity index (χ4v) is 1.61. The van der Waals surface area contributed by atoms with Crippen LogP contribution in [0.3, 0.4) is 0 Å². The van der Waals surface area contributed by atoms with Crippen LogP contribution in [0.2, 0.25) is 0 Å². The SMILES string of the molecule is O=C(O)c1ccc(C(=O)OCCCC(O)CCO)cc1. The summed E-state index contributed by atoms with van der Waals surface area (Å²) in [6, 6.07) is 5.46. The Hall–Kier alpha value is -1.92. The Bertz CT molecular complexity index is 439. The van der Waals surface area contributed by atoms with E-state index in [1.807, 2.05) is 0 Å². The lowest BCUT2D eigenvalue weighted by Crippen LogP contribution is -2.12. The van der Waals surface area contributed by atoms with E-state index >= 15 is 0 Å². The normalized spacial score (nSPS) is 11.9. The van der Waals surface area contributed by atoms with Crippen LogP contribution in [-0.2, 0) is 4.74 Å². The van der Waals surface area contributed by atoms with Crippen molar-refractivity contribution in [1.82, 2.24) is 0 Å². The Labute approximate surface area is 116 Å². The minimum Gasteiger partial charge on any atom is -0.478 e. The second-order valence-corrected chi connectivity index (χ2v) is 4.33. The van der Waals surface area contributed by atoms with Crippen molar-refractivity contribution >= 4 is 11.9 Å². The largest absolute Gasteiger partial charge is 0.478 e. The monoisotopic (exact) mass is 282 g/mol. The van der Waals surface area contributed by atoms with Crippen molar-refractivity contribution in [2.24, 2.45) is 0 Å². The first kappa shape index (κ1) is 16.1. The average Bonchev–Trinajstić information content (AvgIpc) is 2.43. The molecule has 3 N–H and O–H groups in total. The summed E-state index contributed by atoms with van der Waals surface area (Å²) in [5.74, 6) is -1.58. The lowest BCUT2D eigenvalue weighted by molar-refractivity contribution is 0.0467. The highest BCUT2D eigenvalue weighted by Crippen LogP contribution is 2.07. The maximum absolute atomic E-state index is 11.6. The molecule has 0 fully saturated rings. The lowest BCUT2D eigenvalue weighted by atomic mass is 10.1. The first-order valence-corrected chi connectivity index (χ1v) is 6.34. The predicted molar refractivity (Wildman–Crippen MR) is 70.6 cm³/mol. The van der Waals surface area contributed by atoms with Gasteiger partial charge in [-0.3, -0.25) is 0 Å². The number of esters is 1. The van der Waals surface area contributed by atoms with Crippen LogP contribution in [0.1, 0.15) is 40.0 Å². The molecule has 0 heterocycles. The van der Waals surface area contributed by atoms with Crippen LogP contribution >= 0.6 is 0 Å². The van der Waals surface area contributed by atoms with Crippen LogP contribution in [0.25, 0.3) is 0 Å². The van der Waals surface area contributed by atoms with Crippen LogP contribution < -0.4 is 0 Å². The molecule has 20 heavy (non-hydrogen) atoms. The van der Waals surface area contributed by atoms with E-state index in [9.17, 15) is 14.7 Å². The van der Waals surface area contributed by atoms with E-state index in [1.54, 1.807) is 0 Å². The molecular weight excluding hydrogens is 264 g/mol. The molecule has 1 atom stereocenters. The molecule has 1 rings (SSSR count). The number of carbonyl (C=O) groups excluding carboxylic acids is 1. The number of hydrogen-bond donors (Lipinski definition) is 3. The third kappa shape index (κ3) is 5.38. The molecule has 0 aliphatic heterocycles. The van der Waals surface area contributed by atoms with Crippen LogP contribution in [-0.4, -0.2) is 46.6 Å². The molecule has 1 unspecified atom stereocenters. The van der Waals surface area contributed by atoms with Crippen molar-refractivity contribution in [3.05, 3.63) is 35.4 Å². The number of carbonyl (C=O) groups is 2. The maximum Gasteiger partial charge on any atom is 0.338 e. The summed E-state index contributed by atoms with van der Waals surface area (Å²) in [5.41, 5.74) is 0.389. The number of carboxylic acids is 1. The Morgan fingerprint density at radius 3 is 2.25 bits per heavy atom. The smallest absolute Gasteiger partial charge is 0.338 e. The van der Waals surface area contributed by atoms with Gasteiger partial charge >= 0.3 is 11.9 Å². The van der Waals surface area contributed by atoms with E-state index in [4.69, 9.17) is 14.9 Å². The highest BCUT2D eigenvalue weighted by Gasteiger charge is 2.09. The van der Waals surface area contributed by atoms with Gasteiger partial charge in [0.05, 0.1) is 23.8 Å². The van der Waals surface area contributed by atoms with E-state index in [0.29, 0.717) is 19.3 Å². The molecule has 0 spiro atoms. The van der Waals surface area contributed by atoms with Gasteiger partial charge < -0.3 is 20.1 Å². The third-order valence-corrected chi connectivity index (χ3v) is 2.74. The second-order valence-electron chi connectivity index (χ2n) is 4.33. The van der Waals surface area contributed by atoms with Gasteiger partial charge in [-0.05, 0) is 43.5 Å². The Morgan fingerprint density at radius 1 is 1.10 bits per heavy atom. The number of aromatic carboxylic acids is 1. The second kappa shape index (κ2) is 8.29. The maximum atomic E-state index is 11.6. The Balaban J connectivity index is 2.34. The number of benzene rings is 1. The van der Waals surface area contributed by atoms with Gasteiger partial charge in [-0.15, -0.1) is 0 Å². The average molecular weight is 282 g/mol. The van der Waals surface area contributed by atoms with Gasteiger partial charge in [0.25, 0.3) is 0 Å². The molecule has 6 nitrogen and oxygen atoms in total.